The molecule has 0 saturated carbocycles. The molecule has 0 aliphatic carbocycles. The van der Waals surface area contributed by atoms with Crippen LogP contribution in [0.25, 0.3) is 11.1 Å². The average molecular weight is 339 g/mol. The van der Waals surface area contributed by atoms with Gasteiger partial charge in [0.15, 0.2) is 11.5 Å². The smallest absolute Gasteiger partial charge is 0.258 e. The van der Waals surface area contributed by atoms with E-state index in [9.17, 15) is 4.79 Å². The minimum atomic E-state index is -0.249. The van der Waals surface area contributed by atoms with Crippen LogP contribution in [-0.2, 0) is 0 Å². The van der Waals surface area contributed by atoms with Crippen molar-refractivity contribution in [2.45, 2.75) is 20.0 Å². The van der Waals surface area contributed by atoms with Gasteiger partial charge < -0.3 is 19.3 Å². The Balaban J connectivity index is 1.49. The van der Waals surface area contributed by atoms with E-state index >= 15 is 0 Å². The molecule has 25 heavy (non-hydrogen) atoms. The number of carbonyl (C=O) groups excluding carboxylic acids is 1. The number of ether oxygens (including phenoxy) is 2. The van der Waals surface area contributed by atoms with E-state index in [1.807, 2.05) is 31.2 Å². The monoisotopic (exact) mass is 339 g/mol. The second kappa shape index (κ2) is 6.08. The van der Waals surface area contributed by atoms with Gasteiger partial charge in [0.05, 0.1) is 23.2 Å². The number of benzene rings is 1. The molecule has 1 aromatic carbocycles. The standard InChI is InChI=1S/C18H17N3O4/c1-10-7-13(16-11(2)21-25-18(16)20-10)17(22)19-8-12-9-23-14-5-3-4-6-15(14)24-12/h3-7,12H,8-9H2,1-2H3,(H,19,22). The summed E-state index contributed by atoms with van der Waals surface area (Å²) in [6, 6.07) is 9.21. The summed E-state index contributed by atoms with van der Waals surface area (Å²) in [4.78, 5) is 16.9. The summed E-state index contributed by atoms with van der Waals surface area (Å²) in [7, 11) is 0. The van der Waals surface area contributed by atoms with Crippen molar-refractivity contribution >= 4 is 17.0 Å². The van der Waals surface area contributed by atoms with Gasteiger partial charge in [-0.3, -0.25) is 4.79 Å². The van der Waals surface area contributed by atoms with Crippen molar-refractivity contribution in [1.82, 2.24) is 15.5 Å². The van der Waals surface area contributed by atoms with Crippen LogP contribution in [0, 0.1) is 13.8 Å². The first-order chi connectivity index (χ1) is 12.1. The minimum Gasteiger partial charge on any atom is -0.486 e. The van der Waals surface area contributed by atoms with Crippen LogP contribution >= 0.6 is 0 Å². The largest absolute Gasteiger partial charge is 0.486 e. The zero-order valence-corrected chi connectivity index (χ0v) is 13.9. The van der Waals surface area contributed by atoms with Crippen molar-refractivity contribution < 1.29 is 18.8 Å². The Hall–Kier alpha value is -3.09. The quantitative estimate of drug-likeness (QED) is 0.788. The Kier molecular flexibility index (Phi) is 3.76. The molecule has 7 nitrogen and oxygen atoms in total. The minimum absolute atomic E-state index is 0.218. The van der Waals surface area contributed by atoms with Gasteiger partial charge in [-0.25, -0.2) is 4.98 Å². The van der Waals surface area contributed by atoms with Crippen LogP contribution in [0.2, 0.25) is 0 Å². The molecule has 1 unspecified atom stereocenters. The van der Waals surface area contributed by atoms with Crippen molar-refractivity contribution in [2.75, 3.05) is 13.2 Å². The van der Waals surface area contributed by atoms with E-state index in [4.69, 9.17) is 14.0 Å². The van der Waals surface area contributed by atoms with Gasteiger partial charge in [0.1, 0.15) is 12.7 Å². The summed E-state index contributed by atoms with van der Waals surface area (Å²) in [6.07, 6.45) is -0.249. The van der Waals surface area contributed by atoms with Crippen molar-refractivity contribution in [2.24, 2.45) is 0 Å². The highest BCUT2D eigenvalue weighted by atomic mass is 16.6. The van der Waals surface area contributed by atoms with Gasteiger partial charge in [-0.15, -0.1) is 0 Å². The van der Waals surface area contributed by atoms with Crippen LogP contribution < -0.4 is 14.8 Å². The first-order valence-electron chi connectivity index (χ1n) is 8.02. The molecule has 0 spiro atoms. The van der Waals surface area contributed by atoms with Gasteiger partial charge >= 0.3 is 0 Å². The van der Waals surface area contributed by atoms with Gasteiger partial charge in [0, 0.05) is 5.69 Å². The fraction of sp³-hybridized carbons (Fsp3) is 0.278. The summed E-state index contributed by atoms with van der Waals surface area (Å²) in [5, 5.41) is 7.42. The molecular weight excluding hydrogens is 322 g/mol. The molecule has 0 bridgehead atoms. The molecule has 2 aromatic heterocycles. The zero-order valence-electron chi connectivity index (χ0n) is 13.9. The number of hydrogen-bond donors (Lipinski definition) is 1. The normalized spacial score (nSPS) is 16.0. The Bertz CT molecular complexity index is 951. The number of nitrogens with one attached hydrogen (secondary N) is 1. The Morgan fingerprint density at radius 2 is 2.08 bits per heavy atom. The molecular formula is C18H17N3O4. The number of carbonyl (C=O) groups is 1. The molecule has 3 heterocycles. The van der Waals surface area contributed by atoms with Gasteiger partial charge in [-0.1, -0.05) is 17.3 Å². The molecule has 0 saturated heterocycles. The molecule has 1 aliphatic heterocycles. The number of rotatable bonds is 3. The van der Waals surface area contributed by atoms with Crippen LogP contribution in [0.1, 0.15) is 21.7 Å². The van der Waals surface area contributed by atoms with Crippen LogP contribution in [0.15, 0.2) is 34.9 Å². The lowest BCUT2D eigenvalue weighted by Crippen LogP contribution is -2.40. The molecule has 1 atom stereocenters. The lowest BCUT2D eigenvalue weighted by Gasteiger charge is -2.26. The molecule has 1 aliphatic rings. The third-order valence-corrected chi connectivity index (χ3v) is 4.05. The lowest BCUT2D eigenvalue weighted by atomic mass is 10.1. The number of fused-ring (bicyclic) bond motifs is 2. The molecule has 1 N–H and O–H groups in total. The molecule has 1 amide bonds. The van der Waals surface area contributed by atoms with Crippen LogP contribution in [-0.4, -0.2) is 35.3 Å². The lowest BCUT2D eigenvalue weighted by molar-refractivity contribution is 0.0790. The maximum atomic E-state index is 12.6. The molecule has 4 rings (SSSR count). The third kappa shape index (κ3) is 2.88. The number of amides is 1. The maximum Gasteiger partial charge on any atom is 0.258 e. The number of hydrogen-bond acceptors (Lipinski definition) is 6. The highest BCUT2D eigenvalue weighted by Gasteiger charge is 2.23. The van der Waals surface area contributed by atoms with Gasteiger partial charge in [-0.2, -0.15) is 0 Å². The van der Waals surface area contributed by atoms with Crippen LogP contribution in [0.3, 0.4) is 0 Å². The molecule has 128 valence electrons. The number of nitrogens with zero attached hydrogens (tertiary/aromatic N) is 2. The van der Waals surface area contributed by atoms with Crippen molar-refractivity contribution in [3.63, 3.8) is 0 Å². The fourth-order valence-corrected chi connectivity index (χ4v) is 2.86. The summed E-state index contributed by atoms with van der Waals surface area (Å²) >= 11 is 0. The maximum absolute atomic E-state index is 12.6. The average Bonchev–Trinajstić information content (AvgIpc) is 2.99. The summed E-state index contributed by atoms with van der Waals surface area (Å²) in [5.41, 5.74) is 2.20. The van der Waals surface area contributed by atoms with Gasteiger partial charge in [0.2, 0.25) is 0 Å². The van der Waals surface area contributed by atoms with E-state index in [1.54, 1.807) is 13.0 Å². The van der Waals surface area contributed by atoms with Gasteiger partial charge in [0.25, 0.3) is 11.6 Å². The molecule has 0 fully saturated rings. The fourth-order valence-electron chi connectivity index (χ4n) is 2.86. The Morgan fingerprint density at radius 3 is 2.92 bits per heavy atom. The second-order valence-electron chi connectivity index (χ2n) is 5.97. The molecule has 7 heteroatoms. The van der Waals surface area contributed by atoms with Gasteiger partial charge in [-0.05, 0) is 32.0 Å². The highest BCUT2D eigenvalue weighted by Crippen LogP contribution is 2.30. The SMILES string of the molecule is Cc1cc(C(=O)NCC2COc3ccccc3O2)c2c(C)noc2n1. The van der Waals surface area contributed by atoms with Crippen LogP contribution in [0.5, 0.6) is 11.5 Å². The summed E-state index contributed by atoms with van der Waals surface area (Å²) in [6.45, 7) is 4.31. The number of para-hydroxylation sites is 2. The van der Waals surface area contributed by atoms with E-state index in [2.05, 4.69) is 15.5 Å². The number of aromatic nitrogens is 2. The topological polar surface area (TPSA) is 86.5 Å². The van der Waals surface area contributed by atoms with E-state index < -0.39 is 0 Å². The van der Waals surface area contributed by atoms with Crippen molar-refractivity contribution in [3.05, 3.63) is 47.3 Å². The number of pyridine rings is 1. The molecule has 0 radical (unpaired) electrons. The third-order valence-electron chi connectivity index (χ3n) is 4.05. The highest BCUT2D eigenvalue weighted by molar-refractivity contribution is 6.06. The van der Waals surface area contributed by atoms with E-state index in [-0.39, 0.29) is 12.0 Å². The first-order valence-corrected chi connectivity index (χ1v) is 8.02. The van der Waals surface area contributed by atoms with Crippen molar-refractivity contribution in [3.8, 4) is 11.5 Å². The zero-order chi connectivity index (χ0) is 17.4. The second-order valence-corrected chi connectivity index (χ2v) is 5.97. The Morgan fingerprint density at radius 1 is 1.28 bits per heavy atom. The first kappa shape index (κ1) is 15.4. The van der Waals surface area contributed by atoms with E-state index in [1.165, 1.54) is 0 Å². The van der Waals surface area contributed by atoms with Crippen LogP contribution in [0.4, 0.5) is 0 Å². The number of aryl methyl sites for hydroxylation is 2. The molecule has 3 aromatic rings. The predicted molar refractivity (Wildman–Crippen MR) is 90.0 cm³/mol. The summed E-state index contributed by atoms with van der Waals surface area (Å²) in [5.74, 6) is 1.19. The van der Waals surface area contributed by atoms with E-state index in [0.29, 0.717) is 47.0 Å². The van der Waals surface area contributed by atoms with E-state index in [0.717, 1.165) is 5.75 Å². The summed E-state index contributed by atoms with van der Waals surface area (Å²) < 4.78 is 16.7. The Labute approximate surface area is 143 Å². The predicted octanol–water partition coefficient (Wildman–Crippen LogP) is 2.41. The van der Waals surface area contributed by atoms with Crippen molar-refractivity contribution in [1.29, 1.82) is 0 Å².